The van der Waals surface area contributed by atoms with Gasteiger partial charge in [-0.15, -0.1) is 11.3 Å². The predicted molar refractivity (Wildman–Crippen MR) is 74.1 cm³/mol. The minimum atomic E-state index is -0.00463. The Balaban J connectivity index is 1.87. The van der Waals surface area contributed by atoms with Gasteiger partial charge in [0.2, 0.25) is 0 Å². The molecule has 4 heteroatoms. The number of nitrogens with one attached hydrogen (secondary N) is 1. The van der Waals surface area contributed by atoms with Crippen molar-refractivity contribution >= 4 is 11.3 Å². The van der Waals surface area contributed by atoms with Crippen LogP contribution in [-0.2, 0) is 15.7 Å². The zero-order valence-electron chi connectivity index (χ0n) is 11.5. The van der Waals surface area contributed by atoms with Crippen molar-refractivity contribution in [3.63, 3.8) is 0 Å². The molecule has 1 N–H and O–H groups in total. The molecule has 1 unspecified atom stereocenters. The molecule has 1 atom stereocenters. The van der Waals surface area contributed by atoms with Crippen LogP contribution in [0.4, 0.5) is 0 Å². The van der Waals surface area contributed by atoms with Crippen molar-refractivity contribution in [2.45, 2.75) is 57.0 Å². The first kappa shape index (κ1) is 12.6. The van der Waals surface area contributed by atoms with Crippen LogP contribution in [0.15, 0.2) is 5.38 Å². The number of ether oxygens (including phenoxy) is 1. The van der Waals surface area contributed by atoms with Crippen LogP contribution in [0, 0.1) is 0 Å². The van der Waals surface area contributed by atoms with Crippen LogP contribution in [0.2, 0.25) is 0 Å². The fraction of sp³-hybridized carbons (Fsp3) is 0.786. The summed E-state index contributed by atoms with van der Waals surface area (Å²) in [4.78, 5) is 4.89. The van der Waals surface area contributed by atoms with Gasteiger partial charge in [0.25, 0.3) is 0 Å². The molecule has 100 valence electrons. The highest BCUT2D eigenvalue weighted by molar-refractivity contribution is 7.09. The highest BCUT2D eigenvalue weighted by Gasteiger charge is 2.43. The molecule has 2 fully saturated rings. The monoisotopic (exact) mass is 266 g/mol. The van der Waals surface area contributed by atoms with Gasteiger partial charge in [-0.1, -0.05) is 20.8 Å². The van der Waals surface area contributed by atoms with Crippen LogP contribution >= 0.6 is 11.3 Å². The highest BCUT2D eigenvalue weighted by atomic mass is 32.1. The number of hydrogen-bond acceptors (Lipinski definition) is 4. The van der Waals surface area contributed by atoms with Gasteiger partial charge in [-0.2, -0.15) is 0 Å². The van der Waals surface area contributed by atoms with Crippen LogP contribution in [0.5, 0.6) is 0 Å². The molecular weight excluding hydrogens is 244 g/mol. The second-order valence-corrected chi connectivity index (χ2v) is 7.45. The standard InChI is InChI=1S/C14H22N2OS/c1-13(2,3)11-8-18-12(15-11)14(6-7-17-9-14)16-10-4-5-10/h8,10,16H,4-7,9H2,1-3H3. The summed E-state index contributed by atoms with van der Waals surface area (Å²) >= 11 is 1.79. The van der Waals surface area contributed by atoms with E-state index >= 15 is 0 Å². The Hall–Kier alpha value is -0.450. The number of hydrogen-bond donors (Lipinski definition) is 1. The number of thiazole rings is 1. The van der Waals surface area contributed by atoms with E-state index < -0.39 is 0 Å². The van der Waals surface area contributed by atoms with Crippen molar-refractivity contribution in [3.05, 3.63) is 16.1 Å². The van der Waals surface area contributed by atoms with E-state index in [4.69, 9.17) is 9.72 Å². The molecule has 1 saturated heterocycles. The second kappa shape index (κ2) is 4.29. The van der Waals surface area contributed by atoms with Crippen LogP contribution in [0.25, 0.3) is 0 Å². The lowest BCUT2D eigenvalue weighted by molar-refractivity contribution is 0.165. The van der Waals surface area contributed by atoms with Gasteiger partial charge in [-0.3, -0.25) is 0 Å². The normalized spacial score (nSPS) is 28.8. The van der Waals surface area contributed by atoms with Crippen molar-refractivity contribution in [1.29, 1.82) is 0 Å². The topological polar surface area (TPSA) is 34.1 Å². The molecule has 2 aliphatic rings. The maximum Gasteiger partial charge on any atom is 0.115 e. The Bertz CT molecular complexity index is 425. The van der Waals surface area contributed by atoms with Gasteiger partial charge in [-0.05, 0) is 19.3 Å². The minimum Gasteiger partial charge on any atom is -0.379 e. The lowest BCUT2D eigenvalue weighted by Gasteiger charge is -2.27. The molecule has 0 radical (unpaired) electrons. The summed E-state index contributed by atoms with van der Waals surface area (Å²) in [5.74, 6) is 0. The zero-order chi connectivity index (χ0) is 12.8. The summed E-state index contributed by atoms with van der Waals surface area (Å²) in [5.41, 5.74) is 1.33. The molecule has 0 spiro atoms. The summed E-state index contributed by atoms with van der Waals surface area (Å²) < 4.78 is 5.64. The van der Waals surface area contributed by atoms with Crippen molar-refractivity contribution in [2.75, 3.05) is 13.2 Å². The molecule has 1 aromatic rings. The van der Waals surface area contributed by atoms with Gasteiger partial charge >= 0.3 is 0 Å². The van der Waals surface area contributed by atoms with Crippen LogP contribution < -0.4 is 5.32 Å². The fourth-order valence-corrected chi connectivity index (χ4v) is 3.59. The van der Waals surface area contributed by atoms with E-state index in [1.165, 1.54) is 23.5 Å². The highest BCUT2D eigenvalue weighted by Crippen LogP contribution is 2.37. The third-order valence-electron chi connectivity index (χ3n) is 3.76. The molecule has 18 heavy (non-hydrogen) atoms. The van der Waals surface area contributed by atoms with Crippen LogP contribution in [0.3, 0.4) is 0 Å². The van der Waals surface area contributed by atoms with Crippen molar-refractivity contribution in [3.8, 4) is 0 Å². The van der Waals surface area contributed by atoms with Gasteiger partial charge in [0, 0.05) is 23.4 Å². The molecule has 3 nitrogen and oxygen atoms in total. The van der Waals surface area contributed by atoms with E-state index in [0.717, 1.165) is 19.6 Å². The molecule has 0 bridgehead atoms. The first-order valence-corrected chi connectivity index (χ1v) is 7.69. The lowest BCUT2D eigenvalue weighted by atomic mass is 9.93. The van der Waals surface area contributed by atoms with E-state index in [-0.39, 0.29) is 11.0 Å². The Kier molecular flexibility index (Phi) is 3.00. The van der Waals surface area contributed by atoms with Crippen molar-refractivity contribution in [1.82, 2.24) is 10.3 Å². The average Bonchev–Trinajstić information content (AvgIpc) is 2.83. The molecule has 1 aromatic heterocycles. The molecule has 1 aliphatic heterocycles. The van der Waals surface area contributed by atoms with Crippen molar-refractivity contribution in [2.24, 2.45) is 0 Å². The average molecular weight is 266 g/mol. The predicted octanol–water partition coefficient (Wildman–Crippen LogP) is 2.81. The van der Waals surface area contributed by atoms with Gasteiger partial charge in [-0.25, -0.2) is 4.98 Å². The van der Waals surface area contributed by atoms with Gasteiger partial charge in [0.05, 0.1) is 17.8 Å². The third kappa shape index (κ3) is 2.33. The van der Waals surface area contributed by atoms with Gasteiger partial charge in [0.15, 0.2) is 0 Å². The molecule has 1 aliphatic carbocycles. The maximum atomic E-state index is 5.64. The fourth-order valence-electron chi connectivity index (χ4n) is 2.37. The van der Waals surface area contributed by atoms with Crippen LogP contribution in [0.1, 0.15) is 50.7 Å². The molecule has 3 rings (SSSR count). The Morgan fingerprint density at radius 3 is 2.72 bits per heavy atom. The zero-order valence-corrected chi connectivity index (χ0v) is 12.3. The largest absolute Gasteiger partial charge is 0.379 e. The third-order valence-corrected chi connectivity index (χ3v) is 4.81. The number of nitrogens with zero attached hydrogens (tertiary/aromatic N) is 1. The first-order valence-electron chi connectivity index (χ1n) is 6.82. The smallest absolute Gasteiger partial charge is 0.115 e. The SMILES string of the molecule is CC(C)(C)c1csc(C2(NC3CC3)CCOC2)n1. The van der Waals surface area contributed by atoms with E-state index in [2.05, 4.69) is 31.5 Å². The lowest BCUT2D eigenvalue weighted by Crippen LogP contribution is -2.44. The summed E-state index contributed by atoms with van der Waals surface area (Å²) in [5, 5.41) is 7.20. The summed E-state index contributed by atoms with van der Waals surface area (Å²) in [6, 6.07) is 0.689. The van der Waals surface area contributed by atoms with E-state index in [9.17, 15) is 0 Å². The summed E-state index contributed by atoms with van der Waals surface area (Å²) in [6.45, 7) is 8.29. The van der Waals surface area contributed by atoms with E-state index in [1.807, 2.05) is 0 Å². The summed E-state index contributed by atoms with van der Waals surface area (Å²) in [7, 11) is 0. The molecular formula is C14H22N2OS. The molecule has 0 aromatic carbocycles. The van der Waals surface area contributed by atoms with E-state index in [1.54, 1.807) is 11.3 Å². The first-order chi connectivity index (χ1) is 8.50. The Labute approximate surface area is 113 Å². The maximum absolute atomic E-state index is 5.64. The summed E-state index contributed by atoms with van der Waals surface area (Å²) in [6.07, 6.45) is 3.67. The number of aromatic nitrogens is 1. The van der Waals surface area contributed by atoms with E-state index in [0.29, 0.717) is 6.04 Å². The molecule has 0 amide bonds. The van der Waals surface area contributed by atoms with Crippen molar-refractivity contribution < 1.29 is 4.74 Å². The Morgan fingerprint density at radius 1 is 1.44 bits per heavy atom. The second-order valence-electron chi connectivity index (χ2n) is 6.59. The minimum absolute atomic E-state index is 0.00463. The van der Waals surface area contributed by atoms with Gasteiger partial charge in [0.1, 0.15) is 5.01 Å². The van der Waals surface area contributed by atoms with Crippen LogP contribution in [-0.4, -0.2) is 24.2 Å². The quantitative estimate of drug-likeness (QED) is 0.913. The number of rotatable bonds is 3. The van der Waals surface area contributed by atoms with Gasteiger partial charge < -0.3 is 10.1 Å². The molecule has 1 saturated carbocycles. The molecule has 2 heterocycles. The Morgan fingerprint density at radius 2 is 2.22 bits per heavy atom.